The Morgan fingerprint density at radius 2 is 2.15 bits per heavy atom. The molecule has 136 valence electrons. The zero-order valence-corrected chi connectivity index (χ0v) is 15.5. The number of carbonyl (C=O) groups excluding carboxylic acids is 1. The SMILES string of the molecule is COCCNC(=O)c1cc(Cl)c(-n2c(C)nc3cccnc32)cc1OC. The molecule has 0 unspecified atom stereocenters. The number of methoxy groups -OCH3 is 2. The molecule has 8 heteroatoms. The summed E-state index contributed by atoms with van der Waals surface area (Å²) in [5, 5.41) is 3.16. The fourth-order valence-corrected chi connectivity index (χ4v) is 2.98. The van der Waals surface area contributed by atoms with Crippen LogP contribution in [-0.2, 0) is 4.74 Å². The molecule has 0 aliphatic rings. The lowest BCUT2D eigenvalue weighted by Crippen LogP contribution is -2.27. The van der Waals surface area contributed by atoms with Crippen molar-refractivity contribution in [1.82, 2.24) is 19.9 Å². The molecule has 0 fully saturated rings. The van der Waals surface area contributed by atoms with E-state index >= 15 is 0 Å². The Balaban J connectivity index is 2.07. The molecule has 26 heavy (non-hydrogen) atoms. The van der Waals surface area contributed by atoms with Gasteiger partial charge in [0.2, 0.25) is 0 Å². The minimum absolute atomic E-state index is 0.280. The van der Waals surface area contributed by atoms with E-state index in [0.29, 0.717) is 40.8 Å². The molecule has 0 spiro atoms. The molecule has 2 aromatic heterocycles. The van der Waals surface area contributed by atoms with Crippen LogP contribution in [0, 0.1) is 6.92 Å². The smallest absolute Gasteiger partial charge is 0.255 e. The number of ether oxygens (including phenoxy) is 2. The number of imidazole rings is 1. The zero-order valence-electron chi connectivity index (χ0n) is 14.7. The third kappa shape index (κ3) is 3.36. The van der Waals surface area contributed by atoms with Gasteiger partial charge in [0, 0.05) is 25.9 Å². The van der Waals surface area contributed by atoms with Crippen LogP contribution in [0.5, 0.6) is 5.75 Å². The van der Waals surface area contributed by atoms with E-state index in [0.717, 1.165) is 11.3 Å². The Morgan fingerprint density at radius 3 is 2.88 bits per heavy atom. The highest BCUT2D eigenvalue weighted by Gasteiger charge is 2.19. The number of fused-ring (bicyclic) bond motifs is 1. The minimum atomic E-state index is -0.280. The average Bonchev–Trinajstić information content (AvgIpc) is 2.97. The van der Waals surface area contributed by atoms with E-state index in [2.05, 4.69) is 15.3 Å². The van der Waals surface area contributed by atoms with Crippen LogP contribution in [0.1, 0.15) is 16.2 Å². The normalized spacial score (nSPS) is 10.9. The Bertz CT molecular complexity index is 955. The minimum Gasteiger partial charge on any atom is -0.496 e. The number of aromatic nitrogens is 3. The standard InChI is InChI=1S/C18H19ClN4O3/c1-11-22-14-5-4-6-20-17(14)23(11)15-10-16(26-3)12(9-13(15)19)18(24)21-7-8-25-2/h4-6,9-10H,7-8H2,1-3H3,(H,21,24). The van der Waals surface area contributed by atoms with E-state index in [1.54, 1.807) is 25.4 Å². The van der Waals surface area contributed by atoms with Crippen LogP contribution in [-0.4, -0.2) is 47.8 Å². The monoisotopic (exact) mass is 374 g/mol. The maximum atomic E-state index is 12.4. The van der Waals surface area contributed by atoms with Gasteiger partial charge in [0.05, 0.1) is 30.0 Å². The van der Waals surface area contributed by atoms with Crippen molar-refractivity contribution in [3.8, 4) is 11.4 Å². The number of pyridine rings is 1. The van der Waals surface area contributed by atoms with Gasteiger partial charge in [-0.1, -0.05) is 11.6 Å². The molecule has 0 saturated carbocycles. The van der Waals surface area contributed by atoms with E-state index in [1.165, 1.54) is 7.11 Å². The van der Waals surface area contributed by atoms with E-state index in [-0.39, 0.29) is 5.91 Å². The Labute approximate surface area is 155 Å². The first-order valence-corrected chi connectivity index (χ1v) is 8.39. The number of hydrogen-bond donors (Lipinski definition) is 1. The second kappa shape index (κ2) is 7.72. The van der Waals surface area contributed by atoms with Crippen LogP contribution >= 0.6 is 11.6 Å². The van der Waals surface area contributed by atoms with Crippen molar-refractivity contribution in [2.24, 2.45) is 0 Å². The molecule has 0 aliphatic carbocycles. The summed E-state index contributed by atoms with van der Waals surface area (Å²) >= 11 is 6.49. The molecule has 0 radical (unpaired) electrons. The summed E-state index contributed by atoms with van der Waals surface area (Å²) in [5.41, 5.74) is 2.45. The highest BCUT2D eigenvalue weighted by molar-refractivity contribution is 6.33. The fraction of sp³-hybridized carbons (Fsp3) is 0.278. The maximum Gasteiger partial charge on any atom is 0.255 e. The number of amides is 1. The van der Waals surface area contributed by atoms with Crippen LogP contribution < -0.4 is 10.1 Å². The summed E-state index contributed by atoms with van der Waals surface area (Å²) in [7, 11) is 3.08. The van der Waals surface area contributed by atoms with Gasteiger partial charge in [0.1, 0.15) is 17.1 Å². The first-order chi connectivity index (χ1) is 12.6. The molecule has 2 heterocycles. The van der Waals surface area contributed by atoms with Crippen molar-refractivity contribution in [2.75, 3.05) is 27.4 Å². The quantitative estimate of drug-likeness (QED) is 0.671. The summed E-state index contributed by atoms with van der Waals surface area (Å²) < 4.78 is 12.2. The van der Waals surface area contributed by atoms with E-state index < -0.39 is 0 Å². The lowest BCUT2D eigenvalue weighted by molar-refractivity contribution is 0.0934. The predicted molar refractivity (Wildman–Crippen MR) is 99.4 cm³/mol. The van der Waals surface area contributed by atoms with Crippen LogP contribution in [0.3, 0.4) is 0 Å². The van der Waals surface area contributed by atoms with Crippen molar-refractivity contribution in [3.05, 3.63) is 46.9 Å². The topological polar surface area (TPSA) is 78.3 Å². The van der Waals surface area contributed by atoms with Crippen molar-refractivity contribution in [2.45, 2.75) is 6.92 Å². The molecule has 0 bridgehead atoms. The maximum absolute atomic E-state index is 12.4. The van der Waals surface area contributed by atoms with Gasteiger partial charge in [-0.05, 0) is 25.1 Å². The first-order valence-electron chi connectivity index (χ1n) is 8.02. The van der Waals surface area contributed by atoms with Crippen molar-refractivity contribution in [1.29, 1.82) is 0 Å². The number of rotatable bonds is 6. The Hall–Kier alpha value is -2.64. The second-order valence-electron chi connectivity index (χ2n) is 5.59. The van der Waals surface area contributed by atoms with Crippen molar-refractivity contribution in [3.63, 3.8) is 0 Å². The highest BCUT2D eigenvalue weighted by Crippen LogP contribution is 2.32. The molecule has 1 amide bonds. The number of nitrogens with one attached hydrogen (secondary N) is 1. The Kier molecular flexibility index (Phi) is 5.39. The lowest BCUT2D eigenvalue weighted by Gasteiger charge is -2.14. The van der Waals surface area contributed by atoms with Crippen molar-refractivity contribution < 1.29 is 14.3 Å². The predicted octanol–water partition coefficient (Wildman–Crippen LogP) is 2.77. The third-order valence-electron chi connectivity index (χ3n) is 3.93. The molecule has 0 saturated heterocycles. The van der Waals surface area contributed by atoms with Gasteiger partial charge in [-0.25, -0.2) is 9.97 Å². The Morgan fingerprint density at radius 1 is 1.35 bits per heavy atom. The number of benzene rings is 1. The number of nitrogens with zero attached hydrogens (tertiary/aromatic N) is 3. The highest BCUT2D eigenvalue weighted by atomic mass is 35.5. The average molecular weight is 375 g/mol. The molecular weight excluding hydrogens is 356 g/mol. The molecule has 0 atom stereocenters. The van der Waals surface area contributed by atoms with Gasteiger partial charge in [0.25, 0.3) is 5.91 Å². The van der Waals surface area contributed by atoms with Gasteiger partial charge in [-0.15, -0.1) is 0 Å². The van der Waals surface area contributed by atoms with Crippen LogP contribution in [0.25, 0.3) is 16.9 Å². The van der Waals surface area contributed by atoms with Gasteiger partial charge in [-0.2, -0.15) is 0 Å². The summed E-state index contributed by atoms with van der Waals surface area (Å²) in [6, 6.07) is 7.02. The third-order valence-corrected chi connectivity index (χ3v) is 4.23. The number of aryl methyl sites for hydroxylation is 1. The largest absolute Gasteiger partial charge is 0.496 e. The number of halogens is 1. The zero-order chi connectivity index (χ0) is 18.7. The van der Waals surface area contributed by atoms with Gasteiger partial charge < -0.3 is 14.8 Å². The molecular formula is C18H19ClN4O3. The van der Waals surface area contributed by atoms with Gasteiger partial charge in [-0.3, -0.25) is 9.36 Å². The molecule has 0 aliphatic heterocycles. The summed E-state index contributed by atoms with van der Waals surface area (Å²) in [6.07, 6.45) is 1.70. The molecule has 1 aromatic carbocycles. The fourth-order valence-electron chi connectivity index (χ4n) is 2.74. The van der Waals surface area contributed by atoms with Crippen molar-refractivity contribution >= 4 is 28.7 Å². The van der Waals surface area contributed by atoms with Crippen LogP contribution in [0.2, 0.25) is 5.02 Å². The van der Waals surface area contributed by atoms with E-state index in [4.69, 9.17) is 21.1 Å². The van der Waals surface area contributed by atoms with E-state index in [1.807, 2.05) is 23.6 Å². The molecule has 7 nitrogen and oxygen atoms in total. The second-order valence-corrected chi connectivity index (χ2v) is 6.00. The summed E-state index contributed by atoms with van der Waals surface area (Å²) in [4.78, 5) is 21.3. The summed E-state index contributed by atoms with van der Waals surface area (Å²) in [5.74, 6) is 0.870. The number of carbonyl (C=O) groups is 1. The number of hydrogen-bond acceptors (Lipinski definition) is 5. The van der Waals surface area contributed by atoms with Gasteiger partial charge in [0.15, 0.2) is 5.65 Å². The van der Waals surface area contributed by atoms with Gasteiger partial charge >= 0.3 is 0 Å². The van der Waals surface area contributed by atoms with E-state index in [9.17, 15) is 4.79 Å². The first kappa shape index (κ1) is 18.2. The van der Waals surface area contributed by atoms with Crippen LogP contribution in [0.15, 0.2) is 30.5 Å². The van der Waals surface area contributed by atoms with Crippen LogP contribution in [0.4, 0.5) is 0 Å². The summed E-state index contributed by atoms with van der Waals surface area (Å²) in [6.45, 7) is 2.69. The molecule has 3 aromatic rings. The lowest BCUT2D eigenvalue weighted by atomic mass is 10.1. The molecule has 3 rings (SSSR count). The molecule has 1 N–H and O–H groups in total.